The average Bonchev–Trinajstić information content (AvgIpc) is 3.14. The zero-order valence-electron chi connectivity index (χ0n) is 15.1. The summed E-state index contributed by atoms with van der Waals surface area (Å²) in [6, 6.07) is 13.6. The van der Waals surface area contributed by atoms with Gasteiger partial charge in [0.15, 0.2) is 0 Å². The second-order valence-electron chi connectivity index (χ2n) is 6.35. The number of ether oxygens (including phenoxy) is 1. The smallest absolute Gasteiger partial charge is 0.276 e. The lowest BCUT2D eigenvalue weighted by Crippen LogP contribution is -2.20. The van der Waals surface area contributed by atoms with Gasteiger partial charge in [-0.2, -0.15) is 0 Å². The summed E-state index contributed by atoms with van der Waals surface area (Å²) in [5, 5.41) is 18.4. The van der Waals surface area contributed by atoms with Gasteiger partial charge < -0.3 is 14.3 Å². The maximum Gasteiger partial charge on any atom is 0.276 e. The molecule has 0 radical (unpaired) electrons. The molecule has 0 saturated carbocycles. The van der Waals surface area contributed by atoms with E-state index in [9.17, 15) is 9.50 Å². The number of hydrogen-bond acceptors (Lipinski definition) is 6. The van der Waals surface area contributed by atoms with E-state index in [1.54, 1.807) is 12.1 Å². The predicted molar refractivity (Wildman–Crippen MR) is 102 cm³/mol. The predicted octanol–water partition coefficient (Wildman–Crippen LogP) is 4.53. The van der Waals surface area contributed by atoms with Gasteiger partial charge in [-0.25, -0.2) is 4.39 Å². The van der Waals surface area contributed by atoms with Crippen molar-refractivity contribution in [3.63, 3.8) is 0 Å². The highest BCUT2D eigenvalue weighted by Crippen LogP contribution is 2.27. The van der Waals surface area contributed by atoms with Crippen LogP contribution in [-0.2, 0) is 0 Å². The standard InChI is InChI=1S/C20H21FN2O3S/c1-13(2)17-5-3-4-6-18(17)25-11-16(24)12-27-20-23-22-19(26-20)14-7-9-15(21)10-8-14/h3-10,13,16,24H,11-12H2,1-2H3/t16-/m0/s1. The summed E-state index contributed by atoms with van der Waals surface area (Å²) in [6.45, 7) is 4.38. The fraction of sp³-hybridized carbons (Fsp3) is 0.300. The van der Waals surface area contributed by atoms with E-state index in [4.69, 9.17) is 9.15 Å². The fourth-order valence-electron chi connectivity index (χ4n) is 2.47. The van der Waals surface area contributed by atoms with Gasteiger partial charge in [0.25, 0.3) is 5.22 Å². The number of thioether (sulfide) groups is 1. The van der Waals surface area contributed by atoms with E-state index in [0.717, 1.165) is 11.3 Å². The van der Waals surface area contributed by atoms with Crippen molar-refractivity contribution < 1.29 is 18.7 Å². The second kappa shape index (κ2) is 9.01. The van der Waals surface area contributed by atoms with Crippen LogP contribution in [0, 0.1) is 5.82 Å². The summed E-state index contributed by atoms with van der Waals surface area (Å²) in [5.74, 6) is 1.47. The molecular formula is C20H21FN2O3S. The Kier molecular flexibility index (Phi) is 6.47. The van der Waals surface area contributed by atoms with Crippen LogP contribution in [-0.4, -0.2) is 33.8 Å². The van der Waals surface area contributed by atoms with Crippen LogP contribution in [0.4, 0.5) is 4.39 Å². The first kappa shape index (κ1) is 19.4. The van der Waals surface area contributed by atoms with Gasteiger partial charge in [0.05, 0.1) is 6.10 Å². The minimum Gasteiger partial charge on any atom is -0.491 e. The molecule has 0 fully saturated rings. The molecule has 3 rings (SSSR count). The van der Waals surface area contributed by atoms with Crippen LogP contribution in [0.25, 0.3) is 11.5 Å². The van der Waals surface area contributed by atoms with Crippen molar-refractivity contribution >= 4 is 11.8 Å². The van der Waals surface area contributed by atoms with E-state index < -0.39 is 6.10 Å². The van der Waals surface area contributed by atoms with Gasteiger partial charge in [0, 0.05) is 11.3 Å². The summed E-state index contributed by atoms with van der Waals surface area (Å²) in [7, 11) is 0. The topological polar surface area (TPSA) is 68.4 Å². The third-order valence-corrected chi connectivity index (χ3v) is 4.83. The number of aliphatic hydroxyl groups excluding tert-OH is 1. The highest BCUT2D eigenvalue weighted by Gasteiger charge is 2.14. The number of rotatable bonds is 8. The Morgan fingerprint density at radius 1 is 1.11 bits per heavy atom. The third-order valence-electron chi connectivity index (χ3n) is 3.87. The molecule has 1 heterocycles. The van der Waals surface area contributed by atoms with Crippen LogP contribution >= 0.6 is 11.8 Å². The van der Waals surface area contributed by atoms with Crippen molar-refractivity contribution in [3.05, 3.63) is 59.9 Å². The number of para-hydroxylation sites is 1. The van der Waals surface area contributed by atoms with Crippen molar-refractivity contribution in [2.45, 2.75) is 31.1 Å². The molecule has 142 valence electrons. The summed E-state index contributed by atoms with van der Waals surface area (Å²) in [5.41, 5.74) is 1.75. The number of halogens is 1. The minimum absolute atomic E-state index is 0.176. The van der Waals surface area contributed by atoms with E-state index in [1.165, 1.54) is 23.9 Å². The normalized spacial score (nSPS) is 12.3. The Morgan fingerprint density at radius 3 is 2.59 bits per heavy atom. The Bertz CT molecular complexity index is 868. The lowest BCUT2D eigenvalue weighted by Gasteiger charge is -2.16. The number of aromatic nitrogens is 2. The first-order valence-corrected chi connectivity index (χ1v) is 9.63. The van der Waals surface area contributed by atoms with E-state index in [0.29, 0.717) is 28.3 Å². The van der Waals surface area contributed by atoms with Gasteiger partial charge in [-0.15, -0.1) is 10.2 Å². The van der Waals surface area contributed by atoms with E-state index in [1.807, 2.05) is 24.3 Å². The molecule has 27 heavy (non-hydrogen) atoms. The van der Waals surface area contributed by atoms with Gasteiger partial charge in [-0.1, -0.05) is 43.8 Å². The van der Waals surface area contributed by atoms with E-state index in [2.05, 4.69) is 24.0 Å². The van der Waals surface area contributed by atoms with Gasteiger partial charge in [0.2, 0.25) is 5.89 Å². The van der Waals surface area contributed by atoms with Crippen molar-refractivity contribution in [1.29, 1.82) is 0 Å². The number of benzene rings is 2. The van der Waals surface area contributed by atoms with Crippen LogP contribution in [0.5, 0.6) is 5.75 Å². The molecule has 0 bridgehead atoms. The molecule has 1 N–H and O–H groups in total. The van der Waals surface area contributed by atoms with Crippen molar-refractivity contribution in [3.8, 4) is 17.2 Å². The summed E-state index contributed by atoms with van der Waals surface area (Å²) >= 11 is 1.25. The summed E-state index contributed by atoms with van der Waals surface area (Å²) < 4.78 is 24.3. The van der Waals surface area contributed by atoms with Crippen molar-refractivity contribution in [2.24, 2.45) is 0 Å². The Hall–Kier alpha value is -2.38. The lowest BCUT2D eigenvalue weighted by molar-refractivity contribution is 0.125. The molecule has 1 atom stereocenters. The average molecular weight is 388 g/mol. The van der Waals surface area contributed by atoms with Crippen molar-refractivity contribution in [1.82, 2.24) is 10.2 Å². The lowest BCUT2D eigenvalue weighted by atomic mass is 10.0. The molecule has 0 aliphatic rings. The number of aliphatic hydroxyl groups is 1. The van der Waals surface area contributed by atoms with Gasteiger partial charge >= 0.3 is 0 Å². The minimum atomic E-state index is -0.684. The number of nitrogens with zero attached hydrogens (tertiary/aromatic N) is 2. The number of hydrogen-bond donors (Lipinski definition) is 1. The molecule has 0 unspecified atom stereocenters. The summed E-state index contributed by atoms with van der Waals surface area (Å²) in [6.07, 6.45) is -0.684. The molecule has 1 aromatic heterocycles. The van der Waals surface area contributed by atoms with Crippen LogP contribution in [0.2, 0.25) is 0 Å². The quantitative estimate of drug-likeness (QED) is 0.572. The maximum absolute atomic E-state index is 13.0. The molecule has 3 aromatic rings. The van der Waals surface area contributed by atoms with Gasteiger partial charge in [-0.3, -0.25) is 0 Å². The maximum atomic E-state index is 13.0. The first-order valence-electron chi connectivity index (χ1n) is 8.65. The zero-order chi connectivity index (χ0) is 19.2. The molecule has 5 nitrogen and oxygen atoms in total. The highest BCUT2D eigenvalue weighted by molar-refractivity contribution is 7.99. The van der Waals surface area contributed by atoms with E-state index >= 15 is 0 Å². The molecule has 0 aliphatic carbocycles. The van der Waals surface area contributed by atoms with Crippen LogP contribution in [0.3, 0.4) is 0 Å². The van der Waals surface area contributed by atoms with Crippen molar-refractivity contribution in [2.75, 3.05) is 12.4 Å². The van der Waals surface area contributed by atoms with Gasteiger partial charge in [-0.05, 0) is 41.8 Å². The third kappa shape index (κ3) is 5.30. The first-order chi connectivity index (χ1) is 13.0. The zero-order valence-corrected chi connectivity index (χ0v) is 15.9. The SMILES string of the molecule is CC(C)c1ccccc1OC[C@H](O)CSc1nnc(-c2ccc(F)cc2)o1. The molecule has 0 aliphatic heterocycles. The Morgan fingerprint density at radius 2 is 1.85 bits per heavy atom. The summed E-state index contributed by atoms with van der Waals surface area (Å²) in [4.78, 5) is 0. The van der Waals surface area contributed by atoms with Crippen LogP contribution in [0.15, 0.2) is 58.2 Å². The molecular weight excluding hydrogens is 367 g/mol. The molecule has 2 aromatic carbocycles. The van der Waals surface area contributed by atoms with E-state index in [-0.39, 0.29) is 12.4 Å². The largest absolute Gasteiger partial charge is 0.491 e. The second-order valence-corrected chi connectivity index (χ2v) is 7.32. The fourth-order valence-corrected chi connectivity index (χ4v) is 3.14. The van der Waals surface area contributed by atoms with Crippen LogP contribution in [0.1, 0.15) is 25.3 Å². The van der Waals surface area contributed by atoms with Gasteiger partial charge in [0.1, 0.15) is 18.2 Å². The van der Waals surface area contributed by atoms with Crippen LogP contribution < -0.4 is 4.74 Å². The Balaban J connectivity index is 1.51. The molecule has 0 spiro atoms. The highest BCUT2D eigenvalue weighted by atomic mass is 32.2. The monoisotopic (exact) mass is 388 g/mol. The molecule has 0 amide bonds. The molecule has 7 heteroatoms. The molecule has 0 saturated heterocycles. The Labute approximate surface area is 161 Å².